The topological polar surface area (TPSA) is 38.7 Å². The number of rotatable bonds is 8. The summed E-state index contributed by atoms with van der Waals surface area (Å²) in [4.78, 5) is 0. The Morgan fingerprint density at radius 2 is 1.79 bits per heavy atom. The van der Waals surface area contributed by atoms with E-state index in [0.29, 0.717) is 29.5 Å². The molecule has 4 aliphatic rings. The van der Waals surface area contributed by atoms with Crippen molar-refractivity contribution in [2.24, 2.45) is 40.4 Å². The summed E-state index contributed by atoms with van der Waals surface area (Å²) in [6, 6.07) is 0. The monoisotopic (exact) mass is 474 g/mol. The number of fused-ring (bicyclic) bond motifs is 5. The highest BCUT2D eigenvalue weighted by Gasteiger charge is 2.59. The summed E-state index contributed by atoms with van der Waals surface area (Å²) in [5, 5.41) is 10.3. The lowest BCUT2D eigenvalue weighted by Gasteiger charge is -2.58. The van der Waals surface area contributed by atoms with E-state index in [1.165, 1.54) is 44.9 Å². The summed E-state index contributed by atoms with van der Waals surface area (Å²) in [7, 11) is 1.78. The first-order valence-corrected chi connectivity index (χ1v) is 14.4. The summed E-state index contributed by atoms with van der Waals surface area (Å²) < 4.78 is 11.9. The molecule has 0 amide bonds. The van der Waals surface area contributed by atoms with E-state index in [9.17, 15) is 5.11 Å². The van der Waals surface area contributed by atoms with Crippen LogP contribution in [0.4, 0.5) is 0 Å². The molecule has 0 bridgehead atoms. The van der Waals surface area contributed by atoms with Gasteiger partial charge in [-0.3, -0.25) is 0 Å². The van der Waals surface area contributed by atoms with E-state index >= 15 is 0 Å². The number of aliphatic hydroxyl groups is 1. The summed E-state index contributed by atoms with van der Waals surface area (Å²) in [5.74, 6) is 4.14. The second-order valence-corrected chi connectivity index (χ2v) is 14.5. The molecule has 1 N–H and O–H groups in total. The smallest absolute Gasteiger partial charge is 0.0855 e. The first-order valence-electron chi connectivity index (χ1n) is 14.4. The van der Waals surface area contributed by atoms with Crippen molar-refractivity contribution >= 4 is 0 Å². The molecule has 0 heterocycles. The van der Waals surface area contributed by atoms with Crippen LogP contribution in [0.15, 0.2) is 11.6 Å². The number of hydrogen-bond acceptors (Lipinski definition) is 3. The fourth-order valence-electron chi connectivity index (χ4n) is 8.90. The first kappa shape index (κ1) is 26.7. The van der Waals surface area contributed by atoms with Crippen LogP contribution in [0.2, 0.25) is 0 Å². The van der Waals surface area contributed by atoms with Crippen molar-refractivity contribution in [1.82, 2.24) is 0 Å². The number of methoxy groups -OCH3 is 1. The summed E-state index contributed by atoms with van der Waals surface area (Å²) in [6.45, 7) is 16.6. The molecule has 0 aliphatic heterocycles. The zero-order valence-corrected chi connectivity index (χ0v) is 23.6. The van der Waals surface area contributed by atoms with E-state index in [1.54, 1.807) is 12.7 Å². The molecule has 0 aromatic heterocycles. The molecule has 0 unspecified atom stereocenters. The average Bonchev–Trinajstić information content (AvgIpc) is 3.13. The van der Waals surface area contributed by atoms with E-state index in [0.717, 1.165) is 42.9 Å². The molecule has 0 aromatic carbocycles. The van der Waals surface area contributed by atoms with Crippen LogP contribution in [0, 0.1) is 40.4 Å². The first-order chi connectivity index (χ1) is 15.8. The maximum absolute atomic E-state index is 10.3. The number of hydrogen-bond donors (Lipinski definition) is 1. The molecule has 3 saturated carbocycles. The third-order valence-corrected chi connectivity index (χ3v) is 11.2. The maximum atomic E-state index is 10.3. The molecule has 34 heavy (non-hydrogen) atoms. The van der Waals surface area contributed by atoms with Crippen molar-refractivity contribution < 1.29 is 14.6 Å². The van der Waals surface area contributed by atoms with Crippen molar-refractivity contribution in [3.05, 3.63) is 11.6 Å². The molecule has 4 rings (SSSR count). The Kier molecular flexibility index (Phi) is 7.45. The van der Waals surface area contributed by atoms with Gasteiger partial charge >= 0.3 is 0 Å². The van der Waals surface area contributed by atoms with Gasteiger partial charge in [-0.05, 0) is 132 Å². The van der Waals surface area contributed by atoms with Crippen LogP contribution in [0.3, 0.4) is 0 Å². The number of ether oxygens (including phenoxy) is 2. The Labute approximate surface area is 210 Å². The van der Waals surface area contributed by atoms with Crippen molar-refractivity contribution in [2.75, 3.05) is 13.7 Å². The Hall–Kier alpha value is -0.380. The molecule has 196 valence electrons. The second-order valence-electron chi connectivity index (χ2n) is 14.5. The molecule has 0 spiro atoms. The highest BCUT2D eigenvalue weighted by atomic mass is 16.5. The van der Waals surface area contributed by atoms with Gasteiger partial charge in [-0.15, -0.1) is 0 Å². The van der Waals surface area contributed by atoms with Gasteiger partial charge in [-0.1, -0.05) is 32.4 Å². The zero-order chi connectivity index (χ0) is 24.9. The van der Waals surface area contributed by atoms with E-state index in [1.807, 2.05) is 13.8 Å². The van der Waals surface area contributed by atoms with Gasteiger partial charge in [0.25, 0.3) is 0 Å². The fourth-order valence-corrected chi connectivity index (χ4v) is 8.90. The van der Waals surface area contributed by atoms with Crippen molar-refractivity contribution in [2.45, 2.75) is 130 Å². The van der Waals surface area contributed by atoms with E-state index < -0.39 is 5.60 Å². The minimum absolute atomic E-state index is 0.205. The van der Waals surface area contributed by atoms with E-state index in [2.05, 4.69) is 40.7 Å². The van der Waals surface area contributed by atoms with Crippen LogP contribution in [0.5, 0.6) is 0 Å². The van der Waals surface area contributed by atoms with Crippen LogP contribution in [0.25, 0.3) is 0 Å². The predicted octanol–water partition coefficient (Wildman–Crippen LogP) is 7.56. The molecular weight excluding hydrogens is 420 g/mol. The molecule has 3 heteroatoms. The molecule has 8 atom stereocenters. The van der Waals surface area contributed by atoms with Gasteiger partial charge in [0.05, 0.1) is 23.9 Å². The molecule has 0 saturated heterocycles. The van der Waals surface area contributed by atoms with Gasteiger partial charge in [0.1, 0.15) is 0 Å². The Morgan fingerprint density at radius 1 is 1.06 bits per heavy atom. The lowest BCUT2D eigenvalue weighted by molar-refractivity contribution is -0.0953. The molecule has 3 nitrogen and oxygen atoms in total. The van der Waals surface area contributed by atoms with Gasteiger partial charge in [-0.25, -0.2) is 0 Å². The minimum atomic E-state index is -0.536. The summed E-state index contributed by atoms with van der Waals surface area (Å²) >= 11 is 0. The highest BCUT2D eigenvalue weighted by molar-refractivity contribution is 5.25. The Balaban J connectivity index is 1.44. The van der Waals surface area contributed by atoms with Crippen LogP contribution >= 0.6 is 0 Å². The molecule has 0 radical (unpaired) electrons. The normalized spacial score (nSPS) is 41.3. The summed E-state index contributed by atoms with van der Waals surface area (Å²) in [5.41, 5.74) is 1.84. The largest absolute Gasteiger partial charge is 0.390 e. The van der Waals surface area contributed by atoms with Crippen LogP contribution in [-0.2, 0) is 9.47 Å². The van der Waals surface area contributed by atoms with E-state index in [-0.39, 0.29) is 5.60 Å². The zero-order valence-electron chi connectivity index (χ0n) is 23.6. The third kappa shape index (κ3) is 5.05. The van der Waals surface area contributed by atoms with Gasteiger partial charge in [0.15, 0.2) is 0 Å². The van der Waals surface area contributed by atoms with Crippen LogP contribution < -0.4 is 0 Å². The van der Waals surface area contributed by atoms with Crippen molar-refractivity contribution in [3.8, 4) is 0 Å². The van der Waals surface area contributed by atoms with Gasteiger partial charge in [0, 0.05) is 7.11 Å². The van der Waals surface area contributed by atoms with Crippen LogP contribution in [0.1, 0.15) is 113 Å². The molecular formula is C31H54O3. The lowest BCUT2D eigenvalue weighted by Crippen LogP contribution is -2.51. The lowest BCUT2D eigenvalue weighted by atomic mass is 9.47. The Morgan fingerprint density at radius 3 is 2.47 bits per heavy atom. The average molecular weight is 475 g/mol. The fraction of sp³-hybridized carbons (Fsp3) is 0.935. The van der Waals surface area contributed by atoms with Gasteiger partial charge in [-0.2, -0.15) is 0 Å². The SMILES string of the molecule is COC(C)(C)CO[C@H]1CC[C@@]2(C)C(=CC[C@H]3[C@@H]4CC[C@H]([C@H](C)CCC(C)(C)O)[C@@]4(C)CC[C@@H]32)C1. The van der Waals surface area contributed by atoms with Crippen molar-refractivity contribution in [1.29, 1.82) is 0 Å². The Bertz CT molecular complexity index is 748. The standard InChI is InChI=1S/C31H54O3/c1-21(13-16-28(2,3)32)25-11-12-26-24-10-9-22-19-23(34-20-29(4,5)33-8)14-17-30(22,6)27(24)15-18-31(25,26)7/h9,21,23-27,32H,10-20H2,1-8H3/t21-,23+,24+,25-,26+,27+,30+,31-/m1/s1. The molecule has 4 aliphatic carbocycles. The number of allylic oxidation sites excluding steroid dienone is 1. The van der Waals surface area contributed by atoms with Crippen LogP contribution in [-0.4, -0.2) is 36.1 Å². The van der Waals surface area contributed by atoms with E-state index in [4.69, 9.17) is 9.47 Å². The minimum Gasteiger partial charge on any atom is -0.390 e. The maximum Gasteiger partial charge on any atom is 0.0855 e. The summed E-state index contributed by atoms with van der Waals surface area (Å²) in [6.07, 6.45) is 15.6. The second kappa shape index (κ2) is 9.49. The highest BCUT2D eigenvalue weighted by Crippen LogP contribution is 2.67. The molecule has 0 aromatic rings. The van der Waals surface area contributed by atoms with Crippen molar-refractivity contribution in [3.63, 3.8) is 0 Å². The third-order valence-electron chi connectivity index (χ3n) is 11.2. The van der Waals surface area contributed by atoms with Gasteiger partial charge < -0.3 is 14.6 Å². The van der Waals surface area contributed by atoms with Gasteiger partial charge in [0.2, 0.25) is 0 Å². The predicted molar refractivity (Wildman–Crippen MR) is 141 cm³/mol. The molecule has 3 fully saturated rings. The quantitative estimate of drug-likeness (QED) is 0.369.